The molecule has 0 spiro atoms. The number of benzene rings is 1. The predicted octanol–water partition coefficient (Wildman–Crippen LogP) is 4.06. The first kappa shape index (κ1) is 37.3. The third-order valence-electron chi connectivity index (χ3n) is 11.8. The minimum atomic E-state index is -4.10. The lowest BCUT2D eigenvalue weighted by Crippen LogP contribution is -2.53. The number of carbonyl (C=O) groups is 3. The van der Waals surface area contributed by atoms with E-state index in [2.05, 4.69) is 26.4 Å². The number of hydrogen-bond acceptors (Lipinski definition) is 8. The topological polar surface area (TPSA) is 143 Å². The Kier molecular flexibility index (Phi) is 10.1. The van der Waals surface area contributed by atoms with E-state index in [1.165, 1.54) is 26.1 Å². The second-order valence-corrected chi connectivity index (χ2v) is 17.7. The molecule has 6 atom stereocenters. The summed E-state index contributed by atoms with van der Waals surface area (Å²) in [4.78, 5) is 50.6. The maximum absolute atomic E-state index is 14.6. The first-order valence-electron chi connectivity index (χ1n) is 18.8. The van der Waals surface area contributed by atoms with E-state index in [9.17, 15) is 22.8 Å². The first-order chi connectivity index (χ1) is 25.2. The Morgan fingerprint density at radius 3 is 2.34 bits per heavy atom. The molecule has 2 aliphatic carbocycles. The minimum absolute atomic E-state index is 0.0865. The van der Waals surface area contributed by atoms with Crippen molar-refractivity contribution in [3.8, 4) is 5.75 Å². The quantitative estimate of drug-likeness (QED) is 0.450. The van der Waals surface area contributed by atoms with Crippen LogP contribution in [0.4, 0.5) is 0 Å². The van der Waals surface area contributed by atoms with Gasteiger partial charge >= 0.3 is 10.2 Å². The van der Waals surface area contributed by atoms with Gasteiger partial charge in [-0.3, -0.25) is 19.4 Å². The van der Waals surface area contributed by atoms with Crippen LogP contribution in [0.25, 0.3) is 17.1 Å². The molecule has 1 saturated heterocycles. The van der Waals surface area contributed by atoms with Gasteiger partial charge in [0.2, 0.25) is 11.8 Å². The van der Waals surface area contributed by atoms with Crippen molar-refractivity contribution in [1.82, 2.24) is 23.4 Å². The molecular formula is C39H52N6O7S. The fraction of sp³-hybridized carbons (Fsp3) is 0.590. The van der Waals surface area contributed by atoms with Crippen LogP contribution in [-0.4, -0.2) is 118 Å². The van der Waals surface area contributed by atoms with Crippen LogP contribution in [0.5, 0.6) is 5.75 Å². The van der Waals surface area contributed by atoms with Crippen LogP contribution in [0, 0.1) is 11.8 Å². The number of morpholine rings is 1. The highest BCUT2D eigenvalue weighted by atomic mass is 32.2. The van der Waals surface area contributed by atoms with E-state index in [4.69, 9.17) is 9.47 Å². The zero-order valence-electron chi connectivity index (χ0n) is 31.8. The molecule has 1 N–H and O–H groups in total. The number of nitrogens with one attached hydrogen (secondary N) is 1. The van der Waals surface area contributed by atoms with Gasteiger partial charge in [0.1, 0.15) is 5.75 Å². The van der Waals surface area contributed by atoms with Crippen molar-refractivity contribution in [2.45, 2.75) is 88.9 Å². The van der Waals surface area contributed by atoms with Crippen molar-refractivity contribution < 1.29 is 32.3 Å². The van der Waals surface area contributed by atoms with Crippen molar-refractivity contribution in [3.63, 3.8) is 0 Å². The van der Waals surface area contributed by atoms with Crippen LogP contribution in [0.1, 0.15) is 81.9 Å². The zero-order chi connectivity index (χ0) is 37.9. The number of fused-ring (bicyclic) bond motifs is 6. The van der Waals surface area contributed by atoms with E-state index in [0.717, 1.165) is 57.9 Å². The summed E-state index contributed by atoms with van der Waals surface area (Å²) >= 11 is 0. The Labute approximate surface area is 312 Å². The lowest BCUT2D eigenvalue weighted by Gasteiger charge is -2.42. The predicted molar refractivity (Wildman–Crippen MR) is 203 cm³/mol. The standard InChI is InChI=1S/C39H52N6O7S/c1-22-19-44(20-23(2)52-22)39(48)29-15-26-27(16-28(29)38(47)42(3)4)33-17-30-34(51-7)14-13-25(24-11-9-8-10-12-24)36(30)45(33)21-32-31(26)18-40-35(32)37(46)41-53(49,50)43(5)6/h13-14,17-18,21-24,27-29,35H,8-12,15-16,19-20H2,1-7H3,(H,41,46)/t22-,23+,27-,28?,29-,35?/m1/s1. The fourth-order valence-electron chi connectivity index (χ4n) is 9.31. The van der Waals surface area contributed by atoms with E-state index >= 15 is 0 Å². The van der Waals surface area contributed by atoms with Crippen LogP contribution in [-0.2, 0) is 29.3 Å². The van der Waals surface area contributed by atoms with Crippen LogP contribution in [0.3, 0.4) is 0 Å². The lowest BCUT2D eigenvalue weighted by molar-refractivity contribution is -0.154. The molecule has 2 unspecified atom stereocenters. The number of methoxy groups -OCH3 is 1. The summed E-state index contributed by atoms with van der Waals surface area (Å²) in [5, 5.41) is 0.935. The molecule has 2 aromatic rings. The van der Waals surface area contributed by atoms with Crippen LogP contribution < -0.4 is 9.46 Å². The number of ether oxygens (including phenoxy) is 2. The Bertz CT molecular complexity index is 2020. The Morgan fingerprint density at radius 1 is 1.00 bits per heavy atom. The number of nitrogens with zero attached hydrogens (tertiary/aromatic N) is 5. The molecule has 0 radical (unpaired) electrons. The average molecular weight is 749 g/mol. The molecule has 3 aliphatic heterocycles. The van der Waals surface area contributed by atoms with Gasteiger partial charge in [-0.2, -0.15) is 12.7 Å². The minimum Gasteiger partial charge on any atom is -0.496 e. The number of hydrogen-bond donors (Lipinski definition) is 1. The summed E-state index contributed by atoms with van der Waals surface area (Å²) in [6.07, 6.45) is 9.60. The highest BCUT2D eigenvalue weighted by Gasteiger charge is 2.48. The van der Waals surface area contributed by atoms with E-state index in [1.807, 2.05) is 31.0 Å². The smallest absolute Gasteiger partial charge is 0.303 e. The molecule has 14 heteroatoms. The number of aromatic nitrogens is 1. The molecule has 1 aromatic heterocycles. The lowest BCUT2D eigenvalue weighted by atomic mass is 9.67. The van der Waals surface area contributed by atoms with Gasteiger partial charge in [-0.15, -0.1) is 0 Å². The number of amides is 3. The molecule has 5 aliphatic rings. The molecule has 3 amide bonds. The van der Waals surface area contributed by atoms with Crippen LogP contribution in [0.2, 0.25) is 0 Å². The summed E-state index contributed by atoms with van der Waals surface area (Å²) < 4.78 is 42.9. The molecule has 13 nitrogen and oxygen atoms in total. The van der Waals surface area contributed by atoms with Gasteiger partial charge in [-0.1, -0.05) is 30.9 Å². The molecule has 53 heavy (non-hydrogen) atoms. The molecule has 1 aromatic carbocycles. The monoisotopic (exact) mass is 748 g/mol. The highest BCUT2D eigenvalue weighted by molar-refractivity contribution is 7.87. The zero-order valence-corrected chi connectivity index (χ0v) is 32.6. The molecule has 2 saturated carbocycles. The maximum atomic E-state index is 14.6. The van der Waals surface area contributed by atoms with Crippen LogP contribution >= 0.6 is 0 Å². The summed E-state index contributed by atoms with van der Waals surface area (Å²) in [6, 6.07) is 5.19. The molecule has 286 valence electrons. The molecule has 0 bridgehead atoms. The molecular weight excluding hydrogens is 697 g/mol. The number of rotatable bonds is 7. The van der Waals surface area contributed by atoms with Crippen LogP contribution in [0.15, 0.2) is 39.9 Å². The van der Waals surface area contributed by atoms with Gasteiger partial charge in [-0.05, 0) is 68.7 Å². The van der Waals surface area contributed by atoms with Crippen molar-refractivity contribution in [2.75, 3.05) is 48.4 Å². The third-order valence-corrected chi connectivity index (χ3v) is 13.2. The third kappa shape index (κ3) is 6.71. The largest absolute Gasteiger partial charge is 0.496 e. The van der Waals surface area contributed by atoms with Gasteiger partial charge in [0.05, 0.1) is 36.7 Å². The maximum Gasteiger partial charge on any atom is 0.303 e. The van der Waals surface area contributed by atoms with Gasteiger partial charge in [-0.25, -0.2) is 4.72 Å². The second-order valence-electron chi connectivity index (χ2n) is 15.8. The van der Waals surface area contributed by atoms with Crippen molar-refractivity contribution in [1.29, 1.82) is 0 Å². The summed E-state index contributed by atoms with van der Waals surface area (Å²) in [5.41, 5.74) is 5.31. The van der Waals surface area contributed by atoms with Crippen molar-refractivity contribution >= 4 is 51.2 Å². The van der Waals surface area contributed by atoms with Gasteiger partial charge < -0.3 is 23.8 Å². The van der Waals surface area contributed by atoms with Crippen molar-refractivity contribution in [3.05, 3.63) is 46.2 Å². The number of aliphatic imine (C=N–C) groups is 1. The summed E-state index contributed by atoms with van der Waals surface area (Å²) in [6.45, 7) is 4.78. The average Bonchev–Trinajstić information content (AvgIpc) is 3.69. The summed E-state index contributed by atoms with van der Waals surface area (Å²) in [7, 11) is 3.74. The Balaban J connectivity index is 1.42. The van der Waals surface area contributed by atoms with Gasteiger partial charge in [0.25, 0.3) is 5.91 Å². The van der Waals surface area contributed by atoms with Crippen molar-refractivity contribution in [2.24, 2.45) is 16.8 Å². The Hall–Kier alpha value is -4.01. The number of allylic oxidation sites excluding steroid dienone is 1. The van der Waals surface area contributed by atoms with Gasteiger partial charge in [0, 0.05) is 76.3 Å². The fourth-order valence-corrected chi connectivity index (χ4v) is 9.86. The van der Waals surface area contributed by atoms with E-state index in [-0.39, 0.29) is 36.4 Å². The summed E-state index contributed by atoms with van der Waals surface area (Å²) in [5.74, 6) is -1.45. The van der Waals surface area contributed by atoms with E-state index < -0.39 is 34.0 Å². The SMILES string of the molecule is COc1ccc(C2CCCCC2)c2c1cc1n2C=C2C(=C3C[C@@H](C(=O)N4C[C@@H](C)O[C@@H](C)C4)C(C(=O)N(C)C)C[C@H]31)C=NC2C(=O)NS(=O)(=O)N(C)C. The first-order valence-corrected chi connectivity index (χ1v) is 20.2. The second kappa shape index (κ2) is 14.3. The Morgan fingerprint density at radius 2 is 1.70 bits per heavy atom. The normalized spacial score (nSPS) is 27.5. The highest BCUT2D eigenvalue weighted by Crippen LogP contribution is 2.52. The molecule has 7 rings (SSSR count). The number of carbonyl (C=O) groups excluding carboxylic acids is 3. The van der Waals surface area contributed by atoms with E-state index in [1.54, 1.807) is 32.3 Å². The molecule has 3 fully saturated rings. The van der Waals surface area contributed by atoms with Gasteiger partial charge in [0.15, 0.2) is 6.04 Å². The van der Waals surface area contributed by atoms with E-state index in [0.29, 0.717) is 36.6 Å². The molecule has 4 heterocycles.